The Balaban J connectivity index is 2.50. The third kappa shape index (κ3) is 1.75. The monoisotopic (exact) mass is 251 g/mol. The maximum Gasteiger partial charge on any atom is 0.329 e. The molecule has 2 rings (SSSR count). The third-order valence-corrected chi connectivity index (χ3v) is 2.97. The first-order chi connectivity index (χ1) is 8.45. The number of nitrogens with zero attached hydrogens (tertiary/aromatic N) is 1. The average Bonchev–Trinajstić information content (AvgIpc) is 2.67. The lowest BCUT2D eigenvalue weighted by Gasteiger charge is -2.22. The number of hydrogen-bond acceptors (Lipinski definition) is 5. The lowest BCUT2D eigenvalue weighted by molar-refractivity contribution is -0.143. The number of methoxy groups -OCH3 is 1. The van der Waals surface area contributed by atoms with Gasteiger partial charge in [0.1, 0.15) is 6.04 Å². The van der Waals surface area contributed by atoms with Crippen molar-refractivity contribution in [3.05, 3.63) is 17.7 Å². The van der Waals surface area contributed by atoms with Crippen LogP contribution in [0.15, 0.2) is 12.1 Å². The Labute approximate surface area is 103 Å². The highest BCUT2D eigenvalue weighted by Gasteiger charge is 2.38. The Morgan fingerprint density at radius 3 is 2.50 bits per heavy atom. The molecule has 1 amide bonds. The number of amides is 1. The number of benzene rings is 1. The first kappa shape index (κ1) is 12.2. The van der Waals surface area contributed by atoms with Gasteiger partial charge in [0.25, 0.3) is 0 Å². The smallest absolute Gasteiger partial charge is 0.329 e. The zero-order valence-corrected chi connectivity index (χ0v) is 10.0. The van der Waals surface area contributed by atoms with Crippen molar-refractivity contribution in [1.82, 2.24) is 0 Å². The predicted octanol–water partition coefficient (Wildman–Crippen LogP) is 0.548. The van der Waals surface area contributed by atoms with E-state index in [0.29, 0.717) is 11.3 Å². The van der Waals surface area contributed by atoms with Crippen LogP contribution in [0.25, 0.3) is 0 Å². The summed E-state index contributed by atoms with van der Waals surface area (Å²) in [4.78, 5) is 24.5. The molecule has 0 fully saturated rings. The van der Waals surface area contributed by atoms with E-state index in [1.807, 2.05) is 0 Å². The van der Waals surface area contributed by atoms with E-state index in [1.54, 1.807) is 0 Å². The summed E-state index contributed by atoms with van der Waals surface area (Å²) in [6.07, 6.45) is 0.259. The molecule has 0 spiro atoms. The second-order valence-corrected chi connectivity index (χ2v) is 4.10. The molecule has 1 heterocycles. The van der Waals surface area contributed by atoms with Crippen molar-refractivity contribution >= 4 is 17.6 Å². The Morgan fingerprint density at radius 2 is 1.94 bits per heavy atom. The SMILES string of the molecule is COC(=O)C1Cc2cc(O)c(O)cc2N1C(C)=O. The first-order valence-electron chi connectivity index (χ1n) is 5.38. The highest BCUT2D eigenvalue weighted by molar-refractivity contribution is 6.01. The van der Waals surface area contributed by atoms with Gasteiger partial charge in [-0.2, -0.15) is 0 Å². The molecule has 0 radical (unpaired) electrons. The molecule has 0 saturated carbocycles. The van der Waals surface area contributed by atoms with Crippen molar-refractivity contribution in [2.24, 2.45) is 0 Å². The molecule has 1 aliphatic rings. The first-order valence-corrected chi connectivity index (χ1v) is 5.38. The normalized spacial score (nSPS) is 17.4. The molecule has 96 valence electrons. The van der Waals surface area contributed by atoms with Crippen molar-refractivity contribution in [2.75, 3.05) is 12.0 Å². The topological polar surface area (TPSA) is 87.1 Å². The molecule has 0 aliphatic carbocycles. The summed E-state index contributed by atoms with van der Waals surface area (Å²) >= 11 is 0. The molecule has 0 saturated heterocycles. The van der Waals surface area contributed by atoms with Gasteiger partial charge in [-0.05, 0) is 11.6 Å². The number of aromatic hydroxyl groups is 2. The number of rotatable bonds is 1. The van der Waals surface area contributed by atoms with Crippen LogP contribution in [0.2, 0.25) is 0 Å². The van der Waals surface area contributed by atoms with Gasteiger partial charge in [-0.1, -0.05) is 0 Å². The summed E-state index contributed by atoms with van der Waals surface area (Å²) in [5, 5.41) is 18.9. The van der Waals surface area contributed by atoms with Crippen LogP contribution in [0.5, 0.6) is 11.5 Å². The van der Waals surface area contributed by atoms with Crippen LogP contribution >= 0.6 is 0 Å². The Morgan fingerprint density at radius 1 is 1.33 bits per heavy atom. The maximum atomic E-state index is 11.6. The molecular weight excluding hydrogens is 238 g/mol. The van der Waals surface area contributed by atoms with Gasteiger partial charge in [-0.3, -0.25) is 9.69 Å². The fourth-order valence-electron chi connectivity index (χ4n) is 2.18. The number of anilines is 1. The summed E-state index contributed by atoms with van der Waals surface area (Å²) in [5.41, 5.74) is 1.05. The molecule has 0 bridgehead atoms. The average molecular weight is 251 g/mol. The summed E-state index contributed by atoms with van der Waals surface area (Å²) in [5.74, 6) is -1.46. The predicted molar refractivity (Wildman–Crippen MR) is 62.4 cm³/mol. The van der Waals surface area contributed by atoms with E-state index in [4.69, 9.17) is 0 Å². The van der Waals surface area contributed by atoms with Crippen LogP contribution in [-0.4, -0.2) is 35.2 Å². The van der Waals surface area contributed by atoms with Gasteiger partial charge in [0.2, 0.25) is 5.91 Å². The highest BCUT2D eigenvalue weighted by Crippen LogP contribution is 2.39. The van der Waals surface area contributed by atoms with E-state index in [0.717, 1.165) is 0 Å². The molecule has 18 heavy (non-hydrogen) atoms. The molecule has 1 aromatic rings. The Bertz CT molecular complexity index is 525. The molecule has 1 aromatic carbocycles. The molecule has 0 aromatic heterocycles. The molecular formula is C12H13NO5. The van der Waals surface area contributed by atoms with Crippen molar-refractivity contribution in [3.8, 4) is 11.5 Å². The molecule has 1 atom stereocenters. The van der Waals surface area contributed by atoms with E-state index in [2.05, 4.69) is 4.74 Å². The van der Waals surface area contributed by atoms with E-state index < -0.39 is 12.0 Å². The molecule has 2 N–H and O–H groups in total. The fraction of sp³-hybridized carbons (Fsp3) is 0.333. The Kier molecular flexibility index (Phi) is 2.86. The number of carbonyl (C=O) groups is 2. The molecule has 6 nitrogen and oxygen atoms in total. The standard InChI is InChI=1S/C12H13NO5/c1-6(14)13-8-5-11(16)10(15)4-7(8)3-9(13)12(17)18-2/h4-5,9,15-16H,3H2,1-2H3. The quantitative estimate of drug-likeness (QED) is 0.562. The molecule has 1 unspecified atom stereocenters. The van der Waals surface area contributed by atoms with Gasteiger partial charge in [0.05, 0.1) is 12.8 Å². The van der Waals surface area contributed by atoms with E-state index in [1.165, 1.54) is 31.1 Å². The second kappa shape index (κ2) is 4.21. The molecule has 6 heteroatoms. The number of carbonyl (C=O) groups excluding carboxylic acids is 2. The number of ether oxygens (including phenoxy) is 1. The minimum Gasteiger partial charge on any atom is -0.504 e. The lowest BCUT2D eigenvalue weighted by Crippen LogP contribution is -2.42. The van der Waals surface area contributed by atoms with Crippen LogP contribution in [-0.2, 0) is 20.7 Å². The van der Waals surface area contributed by atoms with E-state index in [9.17, 15) is 19.8 Å². The van der Waals surface area contributed by atoms with Crippen LogP contribution in [0.3, 0.4) is 0 Å². The van der Waals surface area contributed by atoms with Gasteiger partial charge >= 0.3 is 5.97 Å². The number of esters is 1. The fourth-order valence-corrected chi connectivity index (χ4v) is 2.18. The highest BCUT2D eigenvalue weighted by atomic mass is 16.5. The number of phenolic OH excluding ortho intramolecular Hbond substituents is 2. The largest absolute Gasteiger partial charge is 0.504 e. The second-order valence-electron chi connectivity index (χ2n) is 4.10. The van der Waals surface area contributed by atoms with Gasteiger partial charge in [-0.15, -0.1) is 0 Å². The summed E-state index contributed by atoms with van der Waals surface area (Å²) in [6, 6.07) is 1.88. The van der Waals surface area contributed by atoms with E-state index >= 15 is 0 Å². The maximum absolute atomic E-state index is 11.6. The van der Waals surface area contributed by atoms with Gasteiger partial charge in [0.15, 0.2) is 11.5 Å². The van der Waals surface area contributed by atoms with Gasteiger partial charge < -0.3 is 14.9 Å². The summed E-state index contributed by atoms with van der Waals surface area (Å²) in [7, 11) is 1.25. The van der Waals surface area contributed by atoms with Crippen LogP contribution in [0, 0.1) is 0 Å². The number of phenols is 2. The number of hydrogen-bond donors (Lipinski definition) is 2. The lowest BCUT2D eigenvalue weighted by atomic mass is 10.1. The van der Waals surface area contributed by atoms with Crippen molar-refractivity contribution in [2.45, 2.75) is 19.4 Å². The summed E-state index contributed by atoms with van der Waals surface area (Å²) < 4.78 is 4.65. The number of fused-ring (bicyclic) bond motifs is 1. The van der Waals surface area contributed by atoms with Gasteiger partial charge in [0, 0.05) is 19.4 Å². The minimum absolute atomic E-state index is 0.259. The van der Waals surface area contributed by atoms with Crippen molar-refractivity contribution in [3.63, 3.8) is 0 Å². The van der Waals surface area contributed by atoms with Crippen LogP contribution < -0.4 is 4.90 Å². The van der Waals surface area contributed by atoms with E-state index in [-0.39, 0.29) is 23.8 Å². The van der Waals surface area contributed by atoms with Crippen molar-refractivity contribution in [1.29, 1.82) is 0 Å². The minimum atomic E-state index is -0.747. The Hall–Kier alpha value is -2.24. The summed E-state index contributed by atoms with van der Waals surface area (Å²) in [6.45, 7) is 1.33. The van der Waals surface area contributed by atoms with Crippen molar-refractivity contribution < 1.29 is 24.5 Å². The van der Waals surface area contributed by atoms with Gasteiger partial charge in [-0.25, -0.2) is 4.79 Å². The zero-order valence-electron chi connectivity index (χ0n) is 10.0. The zero-order chi connectivity index (χ0) is 13.4. The third-order valence-electron chi connectivity index (χ3n) is 2.97. The molecule has 1 aliphatic heterocycles. The van der Waals surface area contributed by atoms with Crippen LogP contribution in [0.4, 0.5) is 5.69 Å². The van der Waals surface area contributed by atoms with Crippen LogP contribution in [0.1, 0.15) is 12.5 Å².